The zero-order valence-corrected chi connectivity index (χ0v) is 10.4. The van der Waals surface area contributed by atoms with Crippen LogP contribution in [0.5, 0.6) is 0 Å². The van der Waals surface area contributed by atoms with Crippen molar-refractivity contribution in [2.75, 3.05) is 39.8 Å². The Hall–Kier alpha value is -0.160. The molecule has 0 radical (unpaired) electrons. The Morgan fingerprint density at radius 1 is 1.50 bits per heavy atom. The van der Waals surface area contributed by atoms with E-state index in [1.165, 1.54) is 32.2 Å². The maximum atomic E-state index is 5.96. The summed E-state index contributed by atoms with van der Waals surface area (Å²) in [6, 6.07) is 0. The molecule has 2 rings (SSSR count). The Bertz CT molecular complexity index is 218. The van der Waals surface area contributed by atoms with E-state index in [2.05, 4.69) is 17.3 Å². The van der Waals surface area contributed by atoms with Crippen LogP contribution in [0, 0.1) is 0 Å². The number of likely N-dealkylation sites (N-methyl/N-ethyl adjacent to an activating group) is 1. The topological polar surface area (TPSA) is 50.5 Å². The lowest BCUT2D eigenvalue weighted by Gasteiger charge is -2.42. The zero-order chi connectivity index (χ0) is 11.4. The van der Waals surface area contributed by atoms with Gasteiger partial charge in [-0.05, 0) is 39.3 Å². The highest BCUT2D eigenvalue weighted by molar-refractivity contribution is 4.95. The molecule has 2 atom stereocenters. The van der Waals surface area contributed by atoms with E-state index in [0.717, 1.165) is 26.2 Å². The minimum Gasteiger partial charge on any atom is -0.377 e. The Labute approximate surface area is 98.5 Å². The monoisotopic (exact) mass is 227 g/mol. The number of rotatable bonds is 4. The van der Waals surface area contributed by atoms with Gasteiger partial charge in [0, 0.05) is 31.8 Å². The fraction of sp³-hybridized carbons (Fsp3) is 1.00. The highest BCUT2D eigenvalue weighted by Crippen LogP contribution is 2.20. The van der Waals surface area contributed by atoms with E-state index in [0.29, 0.717) is 6.10 Å². The second-order valence-electron chi connectivity index (χ2n) is 5.34. The summed E-state index contributed by atoms with van der Waals surface area (Å²) in [5.74, 6) is 0. The predicted molar refractivity (Wildman–Crippen MR) is 65.5 cm³/mol. The van der Waals surface area contributed by atoms with Gasteiger partial charge in [0.15, 0.2) is 0 Å². The van der Waals surface area contributed by atoms with Crippen molar-refractivity contribution >= 4 is 0 Å². The molecule has 94 valence electrons. The lowest BCUT2D eigenvalue weighted by Crippen LogP contribution is -2.61. The third-order valence-electron chi connectivity index (χ3n) is 3.89. The van der Waals surface area contributed by atoms with Crippen molar-refractivity contribution < 1.29 is 4.74 Å². The van der Waals surface area contributed by atoms with Crippen LogP contribution >= 0.6 is 0 Å². The lowest BCUT2D eigenvalue weighted by molar-refractivity contribution is 0.0855. The van der Waals surface area contributed by atoms with Crippen molar-refractivity contribution in [3.8, 4) is 0 Å². The van der Waals surface area contributed by atoms with Gasteiger partial charge in [-0.1, -0.05) is 0 Å². The van der Waals surface area contributed by atoms with Crippen LogP contribution in [0.1, 0.15) is 25.7 Å². The van der Waals surface area contributed by atoms with E-state index < -0.39 is 0 Å². The van der Waals surface area contributed by atoms with Crippen LogP contribution in [0.4, 0.5) is 0 Å². The SMILES string of the molecule is CN1CCCC(CN)(NCC2CCCO2)C1. The summed E-state index contributed by atoms with van der Waals surface area (Å²) in [6.45, 7) is 4.89. The number of ether oxygens (including phenoxy) is 1. The predicted octanol–water partition coefficient (Wildman–Crippen LogP) is 0.178. The average molecular weight is 227 g/mol. The molecule has 2 saturated heterocycles. The number of piperidine rings is 1. The Balaban J connectivity index is 1.83. The molecule has 0 saturated carbocycles. The van der Waals surface area contributed by atoms with Crippen LogP contribution in [0.2, 0.25) is 0 Å². The largest absolute Gasteiger partial charge is 0.377 e. The molecule has 0 spiro atoms. The molecule has 2 unspecified atom stereocenters. The molecule has 0 bridgehead atoms. The fourth-order valence-electron chi connectivity index (χ4n) is 2.88. The van der Waals surface area contributed by atoms with E-state index in [4.69, 9.17) is 10.5 Å². The molecule has 4 nitrogen and oxygen atoms in total. The first-order chi connectivity index (χ1) is 7.74. The highest BCUT2D eigenvalue weighted by Gasteiger charge is 2.33. The van der Waals surface area contributed by atoms with Gasteiger partial charge in [-0.15, -0.1) is 0 Å². The van der Waals surface area contributed by atoms with Crippen molar-refractivity contribution in [2.45, 2.75) is 37.3 Å². The third-order valence-corrected chi connectivity index (χ3v) is 3.89. The van der Waals surface area contributed by atoms with Gasteiger partial charge in [0.1, 0.15) is 0 Å². The number of nitrogens with two attached hydrogens (primary N) is 1. The van der Waals surface area contributed by atoms with E-state index in [9.17, 15) is 0 Å². The summed E-state index contributed by atoms with van der Waals surface area (Å²) in [7, 11) is 2.18. The van der Waals surface area contributed by atoms with Crippen LogP contribution in [-0.4, -0.2) is 56.4 Å². The molecule has 4 heteroatoms. The number of likely N-dealkylation sites (tertiary alicyclic amines) is 1. The van der Waals surface area contributed by atoms with Crippen LogP contribution < -0.4 is 11.1 Å². The second-order valence-corrected chi connectivity index (χ2v) is 5.34. The van der Waals surface area contributed by atoms with E-state index in [1.807, 2.05) is 0 Å². The van der Waals surface area contributed by atoms with Crippen molar-refractivity contribution in [1.82, 2.24) is 10.2 Å². The maximum Gasteiger partial charge on any atom is 0.0700 e. The van der Waals surface area contributed by atoms with Gasteiger partial charge >= 0.3 is 0 Å². The van der Waals surface area contributed by atoms with E-state index in [1.54, 1.807) is 0 Å². The zero-order valence-electron chi connectivity index (χ0n) is 10.4. The van der Waals surface area contributed by atoms with Crippen LogP contribution in [-0.2, 0) is 4.74 Å². The Morgan fingerprint density at radius 2 is 2.38 bits per heavy atom. The van der Waals surface area contributed by atoms with Gasteiger partial charge < -0.3 is 20.7 Å². The molecular weight excluding hydrogens is 202 g/mol. The summed E-state index contributed by atoms with van der Waals surface area (Å²) in [6.07, 6.45) is 5.26. The molecule has 0 amide bonds. The van der Waals surface area contributed by atoms with Crippen LogP contribution in [0.15, 0.2) is 0 Å². The van der Waals surface area contributed by atoms with Gasteiger partial charge in [-0.25, -0.2) is 0 Å². The summed E-state index contributed by atoms with van der Waals surface area (Å²) in [4.78, 5) is 2.37. The van der Waals surface area contributed by atoms with Gasteiger partial charge in [0.05, 0.1) is 6.10 Å². The second kappa shape index (κ2) is 5.45. The van der Waals surface area contributed by atoms with Gasteiger partial charge in [0.25, 0.3) is 0 Å². The fourth-order valence-corrected chi connectivity index (χ4v) is 2.88. The van der Waals surface area contributed by atoms with Gasteiger partial charge in [-0.3, -0.25) is 0 Å². The summed E-state index contributed by atoms with van der Waals surface area (Å²) in [5, 5.41) is 3.67. The van der Waals surface area contributed by atoms with Crippen molar-refractivity contribution in [3.63, 3.8) is 0 Å². The number of hydrogen-bond acceptors (Lipinski definition) is 4. The molecule has 2 aliphatic rings. The average Bonchev–Trinajstić information content (AvgIpc) is 2.79. The highest BCUT2D eigenvalue weighted by atomic mass is 16.5. The van der Waals surface area contributed by atoms with Crippen molar-refractivity contribution in [2.24, 2.45) is 5.73 Å². The number of nitrogens with zero attached hydrogens (tertiary/aromatic N) is 1. The Morgan fingerprint density at radius 3 is 3.00 bits per heavy atom. The van der Waals surface area contributed by atoms with Crippen molar-refractivity contribution in [3.05, 3.63) is 0 Å². The van der Waals surface area contributed by atoms with Crippen LogP contribution in [0.3, 0.4) is 0 Å². The van der Waals surface area contributed by atoms with E-state index in [-0.39, 0.29) is 5.54 Å². The molecule has 0 aromatic carbocycles. The summed E-state index contributed by atoms with van der Waals surface area (Å²) >= 11 is 0. The maximum absolute atomic E-state index is 5.96. The molecule has 3 N–H and O–H groups in total. The smallest absolute Gasteiger partial charge is 0.0700 e. The molecule has 2 fully saturated rings. The molecule has 0 aromatic heterocycles. The molecule has 0 aromatic rings. The molecule has 2 heterocycles. The minimum atomic E-state index is 0.124. The van der Waals surface area contributed by atoms with Crippen molar-refractivity contribution in [1.29, 1.82) is 0 Å². The van der Waals surface area contributed by atoms with Crippen LogP contribution in [0.25, 0.3) is 0 Å². The molecule has 2 aliphatic heterocycles. The Kier molecular flexibility index (Phi) is 4.19. The standard InChI is InChI=1S/C12H25N3O/c1-15-6-3-5-12(9-13,10-15)14-8-11-4-2-7-16-11/h11,14H,2-10,13H2,1H3. The molecule has 0 aliphatic carbocycles. The molecule has 16 heavy (non-hydrogen) atoms. The third kappa shape index (κ3) is 2.94. The number of hydrogen-bond donors (Lipinski definition) is 2. The van der Waals surface area contributed by atoms with E-state index >= 15 is 0 Å². The quantitative estimate of drug-likeness (QED) is 0.719. The van der Waals surface area contributed by atoms with Gasteiger partial charge in [0.2, 0.25) is 0 Å². The van der Waals surface area contributed by atoms with Gasteiger partial charge in [-0.2, -0.15) is 0 Å². The number of nitrogens with one attached hydrogen (secondary N) is 1. The normalized spacial score (nSPS) is 36.8. The first-order valence-corrected chi connectivity index (χ1v) is 6.49. The first kappa shape index (κ1) is 12.3. The minimum absolute atomic E-state index is 0.124. The summed E-state index contributed by atoms with van der Waals surface area (Å²) < 4.78 is 5.64. The lowest BCUT2D eigenvalue weighted by atomic mass is 9.89. The molecular formula is C12H25N3O. The first-order valence-electron chi connectivity index (χ1n) is 6.49. The summed E-state index contributed by atoms with van der Waals surface area (Å²) in [5.41, 5.74) is 6.08.